The molecule has 0 N–H and O–H groups in total. The van der Waals surface area contributed by atoms with Crippen molar-refractivity contribution in [1.82, 2.24) is 9.97 Å². The number of hydrogen-bond acceptors (Lipinski definition) is 3. The summed E-state index contributed by atoms with van der Waals surface area (Å²) in [5.41, 5.74) is 2.47. The summed E-state index contributed by atoms with van der Waals surface area (Å²) >= 11 is 6.12. The van der Waals surface area contributed by atoms with Crippen molar-refractivity contribution >= 4 is 28.3 Å². The number of aromatic nitrogens is 2. The molecule has 0 fully saturated rings. The van der Waals surface area contributed by atoms with Gasteiger partial charge in [-0.1, -0.05) is 38.4 Å². The average molecular weight is 325 g/mol. The van der Waals surface area contributed by atoms with Crippen LogP contribution in [0.4, 0.5) is 0 Å². The van der Waals surface area contributed by atoms with Crippen LogP contribution in [0.15, 0.2) is 48.7 Å². The Balaban J connectivity index is 2.29. The Labute approximate surface area is 140 Å². The van der Waals surface area contributed by atoms with Gasteiger partial charge in [-0.2, -0.15) is 0 Å². The summed E-state index contributed by atoms with van der Waals surface area (Å²) in [5.74, 6) is -0.120. The van der Waals surface area contributed by atoms with Crippen LogP contribution in [0.1, 0.15) is 42.5 Å². The van der Waals surface area contributed by atoms with E-state index in [0.29, 0.717) is 16.3 Å². The maximum atomic E-state index is 12.9. The van der Waals surface area contributed by atoms with Crippen LogP contribution in [0.2, 0.25) is 5.02 Å². The van der Waals surface area contributed by atoms with Gasteiger partial charge in [0, 0.05) is 33.3 Å². The third-order valence-electron chi connectivity index (χ3n) is 3.68. The molecule has 4 heteroatoms. The third-order valence-corrected chi connectivity index (χ3v) is 3.92. The molecule has 0 saturated carbocycles. The van der Waals surface area contributed by atoms with Crippen molar-refractivity contribution in [1.29, 1.82) is 0 Å². The topological polar surface area (TPSA) is 42.9 Å². The predicted molar refractivity (Wildman–Crippen MR) is 93.1 cm³/mol. The highest BCUT2D eigenvalue weighted by atomic mass is 35.5. The van der Waals surface area contributed by atoms with Gasteiger partial charge in [-0.15, -0.1) is 0 Å². The number of carbonyl (C=O) groups excluding carboxylic acids is 1. The Morgan fingerprint density at radius 3 is 2.52 bits per heavy atom. The third kappa shape index (κ3) is 3.10. The maximum absolute atomic E-state index is 12.9. The fourth-order valence-corrected chi connectivity index (χ4v) is 2.58. The number of nitrogens with zero attached hydrogens (tertiary/aromatic N) is 2. The highest BCUT2D eigenvalue weighted by Gasteiger charge is 2.21. The van der Waals surface area contributed by atoms with Crippen LogP contribution >= 0.6 is 11.6 Å². The minimum Gasteiger partial charge on any atom is -0.287 e. The maximum Gasteiger partial charge on any atom is 0.212 e. The lowest BCUT2D eigenvalue weighted by atomic mass is 9.89. The van der Waals surface area contributed by atoms with Gasteiger partial charge in [0.15, 0.2) is 0 Å². The van der Waals surface area contributed by atoms with E-state index < -0.39 is 0 Å². The zero-order chi connectivity index (χ0) is 16.6. The lowest BCUT2D eigenvalue weighted by Crippen LogP contribution is -2.16. The molecule has 3 rings (SSSR count). The molecule has 0 aliphatic carbocycles. The van der Waals surface area contributed by atoms with Crippen LogP contribution in [-0.2, 0) is 5.41 Å². The Kier molecular flexibility index (Phi) is 3.90. The number of benzene rings is 1. The number of rotatable bonds is 2. The van der Waals surface area contributed by atoms with E-state index in [9.17, 15) is 4.79 Å². The van der Waals surface area contributed by atoms with E-state index in [-0.39, 0.29) is 11.2 Å². The van der Waals surface area contributed by atoms with Gasteiger partial charge >= 0.3 is 0 Å². The monoisotopic (exact) mass is 324 g/mol. The molecule has 0 saturated heterocycles. The lowest BCUT2D eigenvalue weighted by molar-refractivity contribution is 0.103. The molecule has 2 aromatic heterocycles. The summed E-state index contributed by atoms with van der Waals surface area (Å²) in [6.45, 7) is 6.23. The first-order chi connectivity index (χ1) is 10.9. The average Bonchev–Trinajstić information content (AvgIpc) is 2.53. The standard InChI is InChI=1S/C19H17ClN2O/c1-19(2,3)17-11-14(18(23)16-6-4-5-9-21-16)13-10-12(20)7-8-15(13)22-17/h4-11H,1-3H3. The second kappa shape index (κ2) is 5.74. The van der Waals surface area contributed by atoms with Crippen LogP contribution in [0.25, 0.3) is 10.9 Å². The van der Waals surface area contributed by atoms with Crippen molar-refractivity contribution in [3.05, 3.63) is 70.6 Å². The van der Waals surface area contributed by atoms with Crippen molar-refractivity contribution in [2.24, 2.45) is 0 Å². The Bertz CT molecular complexity index is 883. The molecular formula is C19H17ClN2O. The molecule has 0 bridgehead atoms. The van der Waals surface area contributed by atoms with E-state index in [0.717, 1.165) is 16.6 Å². The zero-order valence-electron chi connectivity index (χ0n) is 13.3. The molecule has 1 aromatic carbocycles. The van der Waals surface area contributed by atoms with Crippen molar-refractivity contribution < 1.29 is 4.79 Å². The molecule has 0 radical (unpaired) electrons. The molecule has 0 aliphatic rings. The van der Waals surface area contributed by atoms with Crippen molar-refractivity contribution in [3.8, 4) is 0 Å². The Morgan fingerprint density at radius 2 is 1.87 bits per heavy atom. The minimum atomic E-state index is -0.160. The summed E-state index contributed by atoms with van der Waals surface area (Å²) in [5, 5.41) is 1.33. The first-order valence-electron chi connectivity index (χ1n) is 7.43. The molecule has 0 unspecified atom stereocenters. The van der Waals surface area contributed by atoms with Crippen LogP contribution in [0.5, 0.6) is 0 Å². The van der Waals surface area contributed by atoms with Crippen LogP contribution < -0.4 is 0 Å². The van der Waals surface area contributed by atoms with Gasteiger partial charge in [-0.3, -0.25) is 14.8 Å². The second-order valence-electron chi connectivity index (χ2n) is 6.51. The van der Waals surface area contributed by atoms with Gasteiger partial charge < -0.3 is 0 Å². The SMILES string of the molecule is CC(C)(C)c1cc(C(=O)c2ccccn2)c2cc(Cl)ccc2n1. The van der Waals surface area contributed by atoms with Gasteiger partial charge in [0.2, 0.25) is 5.78 Å². The van der Waals surface area contributed by atoms with Gasteiger partial charge in [-0.05, 0) is 36.4 Å². The number of hydrogen-bond donors (Lipinski definition) is 0. The summed E-state index contributed by atoms with van der Waals surface area (Å²) in [6.07, 6.45) is 1.62. The Hall–Kier alpha value is -2.26. The molecule has 23 heavy (non-hydrogen) atoms. The summed E-state index contributed by atoms with van der Waals surface area (Å²) in [6, 6.07) is 12.6. The van der Waals surface area contributed by atoms with E-state index in [1.807, 2.05) is 12.1 Å². The molecule has 0 spiro atoms. The van der Waals surface area contributed by atoms with Crippen molar-refractivity contribution in [2.75, 3.05) is 0 Å². The fraction of sp³-hybridized carbons (Fsp3) is 0.211. The van der Waals surface area contributed by atoms with E-state index in [2.05, 4.69) is 25.8 Å². The molecule has 3 aromatic rings. The zero-order valence-corrected chi connectivity index (χ0v) is 14.1. The largest absolute Gasteiger partial charge is 0.287 e. The molecule has 0 aliphatic heterocycles. The summed E-state index contributed by atoms with van der Waals surface area (Å²) < 4.78 is 0. The predicted octanol–water partition coefficient (Wildman–Crippen LogP) is 4.81. The van der Waals surface area contributed by atoms with Crippen LogP contribution in [0.3, 0.4) is 0 Å². The van der Waals surface area contributed by atoms with E-state index in [4.69, 9.17) is 16.6 Å². The summed E-state index contributed by atoms with van der Waals surface area (Å²) in [4.78, 5) is 21.8. The summed E-state index contributed by atoms with van der Waals surface area (Å²) in [7, 11) is 0. The number of carbonyl (C=O) groups is 1. The van der Waals surface area contributed by atoms with E-state index in [1.165, 1.54) is 0 Å². The molecule has 116 valence electrons. The molecule has 0 atom stereocenters. The number of halogens is 1. The molecule has 2 heterocycles. The van der Waals surface area contributed by atoms with Crippen LogP contribution in [-0.4, -0.2) is 15.8 Å². The van der Waals surface area contributed by atoms with Gasteiger partial charge in [0.25, 0.3) is 0 Å². The van der Waals surface area contributed by atoms with E-state index >= 15 is 0 Å². The van der Waals surface area contributed by atoms with Gasteiger partial charge in [-0.25, -0.2) is 0 Å². The smallest absolute Gasteiger partial charge is 0.212 e. The molecule has 0 amide bonds. The van der Waals surface area contributed by atoms with Crippen molar-refractivity contribution in [2.45, 2.75) is 26.2 Å². The number of fused-ring (bicyclic) bond motifs is 1. The first-order valence-corrected chi connectivity index (χ1v) is 7.80. The van der Waals surface area contributed by atoms with Crippen LogP contribution in [0, 0.1) is 0 Å². The van der Waals surface area contributed by atoms with Gasteiger partial charge in [0.1, 0.15) is 5.69 Å². The number of pyridine rings is 2. The number of ketones is 1. The minimum absolute atomic E-state index is 0.120. The van der Waals surface area contributed by atoms with Crippen molar-refractivity contribution in [3.63, 3.8) is 0 Å². The molecular weight excluding hydrogens is 308 g/mol. The highest BCUT2D eigenvalue weighted by Crippen LogP contribution is 2.29. The van der Waals surface area contributed by atoms with E-state index in [1.54, 1.807) is 36.5 Å². The normalized spacial score (nSPS) is 11.7. The Morgan fingerprint density at radius 1 is 1.09 bits per heavy atom. The second-order valence-corrected chi connectivity index (χ2v) is 6.95. The van der Waals surface area contributed by atoms with Gasteiger partial charge in [0.05, 0.1) is 5.52 Å². The first kappa shape index (κ1) is 15.6. The fourth-order valence-electron chi connectivity index (χ4n) is 2.41. The molecule has 3 nitrogen and oxygen atoms in total. The highest BCUT2D eigenvalue weighted by molar-refractivity contribution is 6.31. The quantitative estimate of drug-likeness (QED) is 0.635. The lowest BCUT2D eigenvalue weighted by Gasteiger charge is -2.19.